The minimum absolute atomic E-state index is 0.383. The molecule has 0 radical (unpaired) electrons. The second-order valence-electron chi connectivity index (χ2n) is 4.64. The molecule has 0 fully saturated rings. The lowest BCUT2D eigenvalue weighted by Crippen LogP contribution is -2.12. The third-order valence-electron chi connectivity index (χ3n) is 2.56. The Morgan fingerprint density at radius 3 is 2.68 bits per heavy atom. The maximum Gasteiger partial charge on any atom is 0.140 e. The molecule has 19 heavy (non-hydrogen) atoms. The molecule has 2 aromatic rings. The van der Waals surface area contributed by atoms with Crippen LogP contribution in [0.1, 0.15) is 23.7 Å². The van der Waals surface area contributed by atoms with Gasteiger partial charge in [0.2, 0.25) is 0 Å². The van der Waals surface area contributed by atoms with E-state index in [1.165, 1.54) is 11.3 Å². The zero-order valence-corrected chi connectivity index (χ0v) is 12.0. The van der Waals surface area contributed by atoms with E-state index < -0.39 is 5.60 Å². The summed E-state index contributed by atoms with van der Waals surface area (Å²) in [5, 5.41) is 10.7. The molecule has 0 saturated heterocycles. The van der Waals surface area contributed by atoms with Gasteiger partial charge in [-0.15, -0.1) is 11.3 Å². The zero-order chi connectivity index (χ0) is 13.9. The second-order valence-corrected chi connectivity index (χ2v) is 5.76. The lowest BCUT2D eigenvalue weighted by atomic mass is 10.1. The van der Waals surface area contributed by atoms with Crippen molar-refractivity contribution in [3.8, 4) is 11.5 Å². The number of rotatable bonds is 5. The van der Waals surface area contributed by atoms with Crippen LogP contribution in [-0.2, 0) is 12.2 Å². The summed E-state index contributed by atoms with van der Waals surface area (Å²) < 4.78 is 10.8. The van der Waals surface area contributed by atoms with Crippen molar-refractivity contribution >= 4 is 11.3 Å². The molecule has 2 rings (SSSR count). The van der Waals surface area contributed by atoms with Crippen LogP contribution in [0.15, 0.2) is 30.5 Å². The Morgan fingerprint density at radius 1 is 1.32 bits per heavy atom. The molecular weight excluding hydrogens is 262 g/mol. The zero-order valence-electron chi connectivity index (χ0n) is 11.2. The lowest BCUT2D eigenvalue weighted by molar-refractivity contribution is 0.0823. The van der Waals surface area contributed by atoms with Gasteiger partial charge in [-0.1, -0.05) is 6.07 Å². The van der Waals surface area contributed by atoms with E-state index in [-0.39, 0.29) is 0 Å². The van der Waals surface area contributed by atoms with Gasteiger partial charge in [0.15, 0.2) is 0 Å². The van der Waals surface area contributed by atoms with Crippen LogP contribution in [0, 0.1) is 0 Å². The van der Waals surface area contributed by atoms with Crippen molar-refractivity contribution in [2.24, 2.45) is 0 Å². The Kier molecular flexibility index (Phi) is 4.07. The van der Waals surface area contributed by atoms with Gasteiger partial charge in [-0.05, 0) is 26.0 Å². The number of benzene rings is 1. The maximum atomic E-state index is 9.87. The van der Waals surface area contributed by atoms with Crippen LogP contribution in [-0.4, -0.2) is 17.2 Å². The van der Waals surface area contributed by atoms with Crippen molar-refractivity contribution in [3.05, 3.63) is 40.3 Å². The monoisotopic (exact) mass is 279 g/mol. The van der Waals surface area contributed by atoms with Crippen molar-refractivity contribution in [1.29, 1.82) is 0 Å². The number of thiazole rings is 1. The molecular formula is C14H17NO3S. The van der Waals surface area contributed by atoms with Gasteiger partial charge in [-0.3, -0.25) is 0 Å². The van der Waals surface area contributed by atoms with Crippen molar-refractivity contribution in [2.45, 2.75) is 26.1 Å². The number of hydrogen-bond acceptors (Lipinski definition) is 5. The van der Waals surface area contributed by atoms with Gasteiger partial charge in [0.1, 0.15) is 23.1 Å². The Balaban J connectivity index is 2.00. The molecule has 0 unspecified atom stereocenters. The number of aliphatic hydroxyl groups is 1. The van der Waals surface area contributed by atoms with Gasteiger partial charge in [0.25, 0.3) is 0 Å². The van der Waals surface area contributed by atoms with Gasteiger partial charge >= 0.3 is 0 Å². The highest BCUT2D eigenvalue weighted by molar-refractivity contribution is 7.11. The molecule has 0 bridgehead atoms. The molecule has 0 aliphatic heterocycles. The molecule has 0 saturated carbocycles. The molecule has 102 valence electrons. The molecule has 4 nitrogen and oxygen atoms in total. The molecule has 0 amide bonds. The first-order valence-electron chi connectivity index (χ1n) is 5.93. The number of ether oxygens (including phenoxy) is 2. The van der Waals surface area contributed by atoms with Gasteiger partial charge in [0.05, 0.1) is 17.6 Å². The number of hydrogen-bond donors (Lipinski definition) is 1. The lowest BCUT2D eigenvalue weighted by Gasteiger charge is -2.13. The first-order chi connectivity index (χ1) is 8.99. The minimum atomic E-state index is -0.855. The van der Waals surface area contributed by atoms with Crippen molar-refractivity contribution in [2.75, 3.05) is 7.11 Å². The Bertz CT molecular complexity index is 546. The summed E-state index contributed by atoms with van der Waals surface area (Å²) in [5.41, 5.74) is -0.855. The molecule has 1 aromatic carbocycles. The van der Waals surface area contributed by atoms with Crippen LogP contribution >= 0.6 is 11.3 Å². The smallest absolute Gasteiger partial charge is 0.140 e. The Labute approximate surface area is 116 Å². The summed E-state index contributed by atoms with van der Waals surface area (Å²) in [6, 6.07) is 7.43. The largest absolute Gasteiger partial charge is 0.497 e. The van der Waals surface area contributed by atoms with Crippen LogP contribution in [0.4, 0.5) is 0 Å². The summed E-state index contributed by atoms with van der Waals surface area (Å²) in [6.07, 6.45) is 1.69. The van der Waals surface area contributed by atoms with E-state index in [2.05, 4.69) is 4.98 Å². The fourth-order valence-electron chi connectivity index (χ4n) is 1.50. The first kappa shape index (κ1) is 13.8. The molecule has 1 N–H and O–H groups in total. The predicted octanol–water partition coefficient (Wildman–Crippen LogP) is 2.96. The topological polar surface area (TPSA) is 51.6 Å². The van der Waals surface area contributed by atoms with Crippen molar-refractivity contribution in [1.82, 2.24) is 4.98 Å². The van der Waals surface area contributed by atoms with E-state index in [1.54, 1.807) is 27.2 Å². The third-order valence-corrected chi connectivity index (χ3v) is 3.84. The fourth-order valence-corrected chi connectivity index (χ4v) is 2.33. The van der Waals surface area contributed by atoms with Crippen molar-refractivity contribution < 1.29 is 14.6 Å². The van der Waals surface area contributed by atoms with E-state index >= 15 is 0 Å². The summed E-state index contributed by atoms with van der Waals surface area (Å²) >= 11 is 1.45. The van der Waals surface area contributed by atoms with Crippen molar-refractivity contribution in [3.63, 3.8) is 0 Å². The molecule has 0 spiro atoms. The van der Waals surface area contributed by atoms with Crippen LogP contribution in [0.5, 0.6) is 11.5 Å². The van der Waals surface area contributed by atoms with E-state index in [4.69, 9.17) is 9.47 Å². The predicted molar refractivity (Wildman–Crippen MR) is 74.7 cm³/mol. The minimum Gasteiger partial charge on any atom is -0.497 e. The van der Waals surface area contributed by atoms with Crippen LogP contribution < -0.4 is 9.47 Å². The van der Waals surface area contributed by atoms with Gasteiger partial charge in [-0.25, -0.2) is 4.98 Å². The van der Waals surface area contributed by atoms with Crippen LogP contribution in [0.3, 0.4) is 0 Å². The average molecular weight is 279 g/mol. The molecule has 0 aliphatic carbocycles. The first-order valence-corrected chi connectivity index (χ1v) is 6.75. The highest BCUT2D eigenvalue weighted by atomic mass is 32.1. The van der Waals surface area contributed by atoms with E-state index in [9.17, 15) is 5.11 Å². The third kappa shape index (κ3) is 3.68. The van der Waals surface area contributed by atoms with E-state index in [1.807, 2.05) is 24.3 Å². The molecule has 1 heterocycles. The molecule has 0 atom stereocenters. The maximum absolute atomic E-state index is 9.87. The summed E-state index contributed by atoms with van der Waals surface area (Å²) in [6.45, 7) is 3.87. The summed E-state index contributed by atoms with van der Waals surface area (Å²) in [4.78, 5) is 5.07. The molecule has 0 aliphatic rings. The van der Waals surface area contributed by atoms with E-state index in [0.29, 0.717) is 6.61 Å². The summed E-state index contributed by atoms with van der Waals surface area (Å²) in [7, 11) is 1.62. The highest BCUT2D eigenvalue weighted by Gasteiger charge is 2.19. The Hall–Kier alpha value is -1.59. The van der Waals surface area contributed by atoms with Gasteiger partial charge in [-0.2, -0.15) is 0 Å². The Morgan fingerprint density at radius 2 is 2.05 bits per heavy atom. The number of methoxy groups -OCH3 is 1. The average Bonchev–Trinajstić information content (AvgIpc) is 2.85. The molecule has 1 aromatic heterocycles. The highest BCUT2D eigenvalue weighted by Crippen LogP contribution is 2.27. The SMILES string of the molecule is COc1cccc(OCc2ncc(C(C)(C)O)s2)c1. The number of nitrogens with zero attached hydrogens (tertiary/aromatic N) is 1. The molecule has 5 heteroatoms. The van der Waals surface area contributed by atoms with Crippen LogP contribution in [0.2, 0.25) is 0 Å². The number of aromatic nitrogens is 1. The fraction of sp³-hybridized carbons (Fsp3) is 0.357. The second kappa shape index (κ2) is 5.59. The van der Waals surface area contributed by atoms with Crippen LogP contribution in [0.25, 0.3) is 0 Å². The van der Waals surface area contributed by atoms with Gasteiger partial charge < -0.3 is 14.6 Å². The van der Waals surface area contributed by atoms with E-state index in [0.717, 1.165) is 21.4 Å². The normalized spacial score (nSPS) is 11.4. The summed E-state index contributed by atoms with van der Waals surface area (Å²) in [5.74, 6) is 1.49. The van der Waals surface area contributed by atoms with Gasteiger partial charge in [0, 0.05) is 12.3 Å². The quantitative estimate of drug-likeness (QED) is 0.914. The standard InChI is InChI=1S/C14H17NO3S/c1-14(2,16)12-8-15-13(19-12)9-18-11-6-4-5-10(7-11)17-3/h4-8,16H,9H2,1-3H3.